The second-order valence-corrected chi connectivity index (χ2v) is 4.49. The van der Waals surface area contributed by atoms with Gasteiger partial charge in [-0.2, -0.15) is 15.0 Å². The first kappa shape index (κ1) is 15.0. The van der Waals surface area contributed by atoms with Crippen molar-refractivity contribution in [1.82, 2.24) is 20.1 Å². The Morgan fingerprint density at radius 1 is 1.14 bits per heavy atom. The highest BCUT2D eigenvalue weighted by Crippen LogP contribution is 2.14. The van der Waals surface area contributed by atoms with E-state index in [9.17, 15) is 0 Å². The van der Waals surface area contributed by atoms with Gasteiger partial charge in [-0.25, -0.2) is 0 Å². The van der Waals surface area contributed by atoms with Crippen LogP contribution in [0.15, 0.2) is 10.6 Å². The fourth-order valence-corrected chi connectivity index (χ4v) is 1.87. The van der Waals surface area contributed by atoms with Crippen LogP contribution in [0.2, 0.25) is 0 Å². The van der Waals surface area contributed by atoms with Crippen molar-refractivity contribution in [2.75, 3.05) is 35.7 Å². The SMILES string of the molecule is CCN(CC)c1nc(NC)nc(NCc2cc(C)on2)n1. The van der Waals surface area contributed by atoms with Gasteiger partial charge in [-0.15, -0.1) is 0 Å². The predicted octanol–water partition coefficient (Wildman–Crippen LogP) is 1.67. The van der Waals surface area contributed by atoms with Crippen molar-refractivity contribution in [3.05, 3.63) is 17.5 Å². The highest BCUT2D eigenvalue weighted by Gasteiger charge is 2.11. The summed E-state index contributed by atoms with van der Waals surface area (Å²) in [4.78, 5) is 15.2. The van der Waals surface area contributed by atoms with E-state index >= 15 is 0 Å². The minimum absolute atomic E-state index is 0.502. The number of hydrogen-bond donors (Lipinski definition) is 2. The second-order valence-electron chi connectivity index (χ2n) is 4.49. The molecule has 0 bridgehead atoms. The summed E-state index contributed by atoms with van der Waals surface area (Å²) in [5.41, 5.74) is 0.809. The van der Waals surface area contributed by atoms with Crippen LogP contribution >= 0.6 is 0 Å². The van der Waals surface area contributed by atoms with Gasteiger partial charge in [0.2, 0.25) is 17.8 Å². The van der Waals surface area contributed by atoms with Gasteiger partial charge in [-0.3, -0.25) is 0 Å². The van der Waals surface area contributed by atoms with E-state index in [1.54, 1.807) is 7.05 Å². The van der Waals surface area contributed by atoms with Gasteiger partial charge in [-0.1, -0.05) is 5.16 Å². The molecule has 2 heterocycles. The van der Waals surface area contributed by atoms with Gasteiger partial charge in [0.25, 0.3) is 0 Å². The van der Waals surface area contributed by atoms with E-state index in [-0.39, 0.29) is 0 Å². The third-order valence-electron chi connectivity index (χ3n) is 3.00. The van der Waals surface area contributed by atoms with E-state index in [1.165, 1.54) is 0 Å². The summed E-state index contributed by atoms with van der Waals surface area (Å²) in [5, 5.41) is 10.0. The van der Waals surface area contributed by atoms with Gasteiger partial charge in [0.05, 0.1) is 6.54 Å². The van der Waals surface area contributed by atoms with Crippen molar-refractivity contribution in [2.45, 2.75) is 27.3 Å². The zero-order chi connectivity index (χ0) is 15.2. The highest BCUT2D eigenvalue weighted by atomic mass is 16.5. The molecule has 2 N–H and O–H groups in total. The van der Waals surface area contributed by atoms with Gasteiger partial charge in [0, 0.05) is 26.2 Å². The zero-order valence-corrected chi connectivity index (χ0v) is 12.8. The van der Waals surface area contributed by atoms with Gasteiger partial charge in [0.1, 0.15) is 11.5 Å². The molecule has 0 atom stereocenters. The Balaban J connectivity index is 2.16. The Kier molecular flexibility index (Phi) is 4.91. The van der Waals surface area contributed by atoms with Crippen molar-refractivity contribution < 1.29 is 4.52 Å². The molecule has 0 saturated carbocycles. The molecule has 21 heavy (non-hydrogen) atoms. The first-order chi connectivity index (χ1) is 10.2. The van der Waals surface area contributed by atoms with Crippen LogP contribution in [0, 0.1) is 6.92 Å². The molecule has 2 aromatic rings. The zero-order valence-electron chi connectivity index (χ0n) is 12.8. The predicted molar refractivity (Wildman–Crippen MR) is 81.5 cm³/mol. The lowest BCUT2D eigenvalue weighted by Gasteiger charge is -2.19. The van der Waals surface area contributed by atoms with Crippen molar-refractivity contribution in [2.24, 2.45) is 0 Å². The third-order valence-corrected chi connectivity index (χ3v) is 3.00. The Morgan fingerprint density at radius 3 is 2.43 bits per heavy atom. The number of hydrogen-bond acceptors (Lipinski definition) is 8. The molecular formula is C13H21N7O. The topological polar surface area (TPSA) is 92.0 Å². The lowest BCUT2D eigenvalue weighted by Crippen LogP contribution is -2.25. The number of aryl methyl sites for hydroxylation is 1. The monoisotopic (exact) mass is 291 g/mol. The van der Waals surface area contributed by atoms with Gasteiger partial charge >= 0.3 is 0 Å². The summed E-state index contributed by atoms with van der Waals surface area (Å²) in [6.45, 7) is 8.17. The fraction of sp³-hybridized carbons (Fsp3) is 0.538. The van der Waals surface area contributed by atoms with Crippen LogP contribution in [0.25, 0.3) is 0 Å². The Bertz CT molecular complexity index is 580. The summed E-state index contributed by atoms with van der Waals surface area (Å²) in [6, 6.07) is 1.87. The molecule has 0 aliphatic carbocycles. The van der Waals surface area contributed by atoms with E-state index in [0.29, 0.717) is 24.4 Å². The minimum atomic E-state index is 0.502. The first-order valence-electron chi connectivity index (χ1n) is 7.01. The Morgan fingerprint density at radius 2 is 1.86 bits per heavy atom. The maximum Gasteiger partial charge on any atom is 0.231 e. The largest absolute Gasteiger partial charge is 0.361 e. The molecular weight excluding hydrogens is 270 g/mol. The molecule has 0 amide bonds. The Hall–Kier alpha value is -2.38. The summed E-state index contributed by atoms with van der Waals surface area (Å²) in [6.07, 6.45) is 0. The second kappa shape index (κ2) is 6.87. The molecule has 0 saturated heterocycles. The number of nitrogens with one attached hydrogen (secondary N) is 2. The molecule has 0 aliphatic rings. The summed E-state index contributed by atoms with van der Waals surface area (Å²) >= 11 is 0. The molecule has 0 unspecified atom stereocenters. The molecule has 8 heteroatoms. The maximum absolute atomic E-state index is 5.03. The van der Waals surface area contributed by atoms with Crippen LogP contribution in [0.3, 0.4) is 0 Å². The lowest BCUT2D eigenvalue weighted by molar-refractivity contribution is 0.391. The highest BCUT2D eigenvalue weighted by molar-refractivity contribution is 5.43. The summed E-state index contributed by atoms with van der Waals surface area (Å²) in [5.74, 6) is 2.48. The fourth-order valence-electron chi connectivity index (χ4n) is 1.87. The number of rotatable bonds is 7. The minimum Gasteiger partial charge on any atom is -0.361 e. The lowest BCUT2D eigenvalue weighted by atomic mass is 10.4. The quantitative estimate of drug-likeness (QED) is 0.796. The molecule has 2 aromatic heterocycles. The van der Waals surface area contributed by atoms with E-state index in [2.05, 4.69) is 49.5 Å². The number of aromatic nitrogens is 4. The van der Waals surface area contributed by atoms with Crippen molar-refractivity contribution in [1.29, 1.82) is 0 Å². The molecule has 0 fully saturated rings. The maximum atomic E-state index is 5.03. The van der Waals surface area contributed by atoms with Gasteiger partial charge < -0.3 is 20.1 Å². The average Bonchev–Trinajstić information content (AvgIpc) is 2.92. The molecule has 8 nitrogen and oxygen atoms in total. The average molecular weight is 291 g/mol. The molecule has 2 rings (SSSR count). The van der Waals surface area contributed by atoms with Crippen molar-refractivity contribution >= 4 is 17.8 Å². The van der Waals surface area contributed by atoms with E-state index in [4.69, 9.17) is 4.52 Å². The molecule has 114 valence electrons. The number of nitrogens with zero attached hydrogens (tertiary/aromatic N) is 5. The van der Waals surface area contributed by atoms with Crippen LogP contribution < -0.4 is 15.5 Å². The summed E-state index contributed by atoms with van der Waals surface area (Å²) in [7, 11) is 1.78. The standard InChI is InChI=1S/C13H21N7O/c1-5-20(6-2)13-17-11(14-4)16-12(18-13)15-8-10-7-9(3)21-19-10/h7H,5-6,8H2,1-4H3,(H2,14,15,16,17,18). The van der Waals surface area contributed by atoms with Crippen LogP contribution in [0.5, 0.6) is 0 Å². The Labute approximate surface area is 124 Å². The molecule has 0 aromatic carbocycles. The van der Waals surface area contributed by atoms with Crippen LogP contribution in [0.4, 0.5) is 17.8 Å². The van der Waals surface area contributed by atoms with Crippen LogP contribution in [-0.4, -0.2) is 40.2 Å². The van der Waals surface area contributed by atoms with Gasteiger partial charge in [0.15, 0.2) is 0 Å². The van der Waals surface area contributed by atoms with Crippen molar-refractivity contribution in [3.8, 4) is 0 Å². The van der Waals surface area contributed by atoms with Crippen molar-refractivity contribution in [3.63, 3.8) is 0 Å². The van der Waals surface area contributed by atoms with E-state index in [1.807, 2.05) is 13.0 Å². The molecule has 0 spiro atoms. The first-order valence-corrected chi connectivity index (χ1v) is 7.01. The summed E-state index contributed by atoms with van der Waals surface area (Å²) < 4.78 is 5.03. The van der Waals surface area contributed by atoms with E-state index in [0.717, 1.165) is 24.5 Å². The number of anilines is 3. The molecule has 0 radical (unpaired) electrons. The van der Waals surface area contributed by atoms with Gasteiger partial charge in [-0.05, 0) is 20.8 Å². The van der Waals surface area contributed by atoms with Crippen LogP contribution in [0.1, 0.15) is 25.3 Å². The van der Waals surface area contributed by atoms with Crippen LogP contribution in [-0.2, 0) is 6.54 Å². The molecule has 0 aliphatic heterocycles. The van der Waals surface area contributed by atoms with E-state index < -0.39 is 0 Å². The smallest absolute Gasteiger partial charge is 0.231 e. The normalized spacial score (nSPS) is 10.5. The third kappa shape index (κ3) is 3.80.